The number of primary amides is 1. The van der Waals surface area contributed by atoms with Crippen LogP contribution in [0.3, 0.4) is 0 Å². The first-order valence-corrected chi connectivity index (χ1v) is 10.7. The lowest BCUT2D eigenvalue weighted by Gasteiger charge is -2.28. The van der Waals surface area contributed by atoms with Crippen LogP contribution in [0.1, 0.15) is 32.8 Å². The zero-order valence-electron chi connectivity index (χ0n) is 20.0. The van der Waals surface area contributed by atoms with Gasteiger partial charge in [-0.2, -0.15) is 0 Å². The van der Waals surface area contributed by atoms with Gasteiger partial charge in [0.1, 0.15) is 18.7 Å². The van der Waals surface area contributed by atoms with Gasteiger partial charge in [0, 0.05) is 5.92 Å². The molecule has 0 bridgehead atoms. The third-order valence-corrected chi connectivity index (χ3v) is 5.09. The Balaban J connectivity index is 2.97. The number of amides is 3. The Kier molecular flexibility index (Phi) is 11.5. The maximum Gasteiger partial charge on any atom is 0.408 e. The van der Waals surface area contributed by atoms with Gasteiger partial charge in [0.2, 0.25) is 11.8 Å². The molecule has 34 heavy (non-hydrogen) atoms. The average molecular weight is 480 g/mol. The van der Waals surface area contributed by atoms with Crippen molar-refractivity contribution in [3.8, 4) is 0 Å². The number of nitrogens with two attached hydrogens (primary N) is 1. The molecule has 0 saturated heterocycles. The number of rotatable bonds is 12. The summed E-state index contributed by atoms with van der Waals surface area (Å²) >= 11 is 0. The van der Waals surface area contributed by atoms with Crippen molar-refractivity contribution in [2.24, 2.45) is 23.5 Å². The molecule has 0 fully saturated rings. The SMILES string of the molecule is COC(=O)C(C(=O)OC)[C@H](C)[C@@H](NC(=O)[C@H](CC(C)C)NC(=O)OCc1ccccc1)C(N)=O. The molecule has 11 nitrogen and oxygen atoms in total. The fourth-order valence-corrected chi connectivity index (χ4v) is 3.30. The van der Waals surface area contributed by atoms with Crippen molar-refractivity contribution >= 4 is 29.8 Å². The molecule has 188 valence electrons. The highest BCUT2D eigenvalue weighted by Crippen LogP contribution is 2.20. The lowest BCUT2D eigenvalue weighted by Crippen LogP contribution is -2.57. The second-order valence-corrected chi connectivity index (χ2v) is 8.16. The first kappa shape index (κ1) is 28.4. The third-order valence-electron chi connectivity index (χ3n) is 5.09. The van der Waals surface area contributed by atoms with Gasteiger partial charge in [-0.3, -0.25) is 19.2 Å². The molecule has 0 aliphatic rings. The highest BCUT2D eigenvalue weighted by atomic mass is 16.6. The maximum atomic E-state index is 13.0. The first-order chi connectivity index (χ1) is 16.0. The number of hydrogen-bond acceptors (Lipinski definition) is 8. The normalized spacial score (nSPS) is 13.4. The predicted octanol–water partition coefficient (Wildman–Crippen LogP) is 0.896. The number of nitrogens with one attached hydrogen (secondary N) is 2. The van der Waals surface area contributed by atoms with E-state index in [9.17, 15) is 24.0 Å². The lowest BCUT2D eigenvalue weighted by atomic mass is 9.86. The Hall–Kier alpha value is -3.63. The second kappa shape index (κ2) is 13.8. The molecule has 0 aliphatic carbocycles. The molecule has 0 unspecified atom stereocenters. The molecule has 0 radical (unpaired) electrons. The second-order valence-electron chi connectivity index (χ2n) is 8.16. The monoisotopic (exact) mass is 479 g/mol. The van der Waals surface area contributed by atoms with Crippen molar-refractivity contribution in [2.75, 3.05) is 14.2 Å². The summed E-state index contributed by atoms with van der Waals surface area (Å²) in [5.74, 6) is -6.19. The molecule has 4 N–H and O–H groups in total. The van der Waals surface area contributed by atoms with Gasteiger partial charge in [-0.05, 0) is 17.9 Å². The molecule has 0 spiro atoms. The van der Waals surface area contributed by atoms with Gasteiger partial charge in [0.05, 0.1) is 14.2 Å². The van der Waals surface area contributed by atoms with Gasteiger partial charge in [-0.1, -0.05) is 51.1 Å². The van der Waals surface area contributed by atoms with Crippen LogP contribution in [0.4, 0.5) is 4.79 Å². The van der Waals surface area contributed by atoms with E-state index in [1.54, 1.807) is 24.3 Å². The van der Waals surface area contributed by atoms with E-state index in [1.807, 2.05) is 19.9 Å². The molecule has 1 rings (SSSR count). The maximum absolute atomic E-state index is 13.0. The minimum Gasteiger partial charge on any atom is -0.468 e. The van der Waals surface area contributed by atoms with Gasteiger partial charge in [-0.15, -0.1) is 0 Å². The van der Waals surface area contributed by atoms with Crippen molar-refractivity contribution in [3.05, 3.63) is 35.9 Å². The van der Waals surface area contributed by atoms with Crippen molar-refractivity contribution in [1.82, 2.24) is 10.6 Å². The van der Waals surface area contributed by atoms with Crippen LogP contribution in [0.15, 0.2) is 30.3 Å². The molecule has 1 aromatic carbocycles. The summed E-state index contributed by atoms with van der Waals surface area (Å²) in [6.07, 6.45) is -0.598. The summed E-state index contributed by atoms with van der Waals surface area (Å²) < 4.78 is 14.4. The molecule has 3 amide bonds. The molecule has 0 heterocycles. The van der Waals surface area contributed by atoms with E-state index in [-0.39, 0.29) is 18.9 Å². The fraction of sp³-hybridized carbons (Fsp3) is 0.522. The smallest absolute Gasteiger partial charge is 0.408 e. The van der Waals surface area contributed by atoms with E-state index >= 15 is 0 Å². The number of ether oxygens (including phenoxy) is 3. The average Bonchev–Trinajstić information content (AvgIpc) is 2.80. The number of alkyl carbamates (subject to hydrolysis) is 1. The molecule has 1 aromatic rings. The predicted molar refractivity (Wildman–Crippen MR) is 121 cm³/mol. The topological polar surface area (TPSA) is 163 Å². The first-order valence-electron chi connectivity index (χ1n) is 10.7. The number of carbonyl (C=O) groups excluding carboxylic acids is 5. The molecule has 0 saturated carbocycles. The summed E-state index contributed by atoms with van der Waals surface area (Å²) in [4.78, 5) is 61.6. The number of carbonyl (C=O) groups is 5. The Morgan fingerprint density at radius 1 is 0.912 bits per heavy atom. The van der Waals surface area contributed by atoms with Crippen LogP contribution in [0.2, 0.25) is 0 Å². The zero-order chi connectivity index (χ0) is 25.8. The zero-order valence-corrected chi connectivity index (χ0v) is 20.0. The third kappa shape index (κ3) is 8.72. The van der Waals surface area contributed by atoms with E-state index in [4.69, 9.17) is 10.5 Å². The summed E-state index contributed by atoms with van der Waals surface area (Å²) in [7, 11) is 2.15. The summed E-state index contributed by atoms with van der Waals surface area (Å²) in [6, 6.07) is 6.50. The fourth-order valence-electron chi connectivity index (χ4n) is 3.30. The van der Waals surface area contributed by atoms with Crippen molar-refractivity contribution in [2.45, 2.75) is 45.9 Å². The van der Waals surface area contributed by atoms with Crippen LogP contribution in [0.25, 0.3) is 0 Å². The minimum atomic E-state index is -1.50. The van der Waals surface area contributed by atoms with Gasteiger partial charge < -0.3 is 30.6 Å². The number of methoxy groups -OCH3 is 2. The quantitative estimate of drug-likeness (QED) is 0.226. The standard InChI is InChI=1S/C23H33N3O8/c1-13(2)11-16(25-23(31)34-12-15-9-7-6-8-10-15)20(28)26-18(19(24)27)14(3)17(21(29)32-4)22(30)33-5/h6-10,13-14,16-18H,11-12H2,1-5H3,(H2,24,27)(H,25,31)(H,26,28)/t14-,16-,18+/m0/s1. The van der Waals surface area contributed by atoms with Crippen LogP contribution in [-0.4, -0.2) is 56.1 Å². The Morgan fingerprint density at radius 2 is 1.47 bits per heavy atom. The highest BCUT2D eigenvalue weighted by Gasteiger charge is 2.42. The van der Waals surface area contributed by atoms with Crippen molar-refractivity contribution < 1.29 is 38.2 Å². The highest BCUT2D eigenvalue weighted by molar-refractivity contribution is 5.97. The number of hydrogen-bond donors (Lipinski definition) is 3. The molecular formula is C23H33N3O8. The molecular weight excluding hydrogens is 446 g/mol. The van der Waals surface area contributed by atoms with E-state index in [2.05, 4.69) is 20.1 Å². The van der Waals surface area contributed by atoms with Crippen molar-refractivity contribution in [3.63, 3.8) is 0 Å². The number of esters is 2. The van der Waals surface area contributed by atoms with Crippen LogP contribution in [0.5, 0.6) is 0 Å². The van der Waals surface area contributed by atoms with Gasteiger partial charge >= 0.3 is 18.0 Å². The van der Waals surface area contributed by atoms with E-state index in [0.29, 0.717) is 0 Å². The van der Waals surface area contributed by atoms with E-state index in [1.165, 1.54) is 6.92 Å². The van der Waals surface area contributed by atoms with Gasteiger partial charge in [-0.25, -0.2) is 4.79 Å². The minimum absolute atomic E-state index is 0.00355. The summed E-state index contributed by atoms with van der Waals surface area (Å²) in [5.41, 5.74) is 6.22. The Labute approximate surface area is 198 Å². The molecule has 0 aliphatic heterocycles. The lowest BCUT2D eigenvalue weighted by molar-refractivity contribution is -0.162. The van der Waals surface area contributed by atoms with E-state index < -0.39 is 53.8 Å². The Morgan fingerprint density at radius 3 is 1.94 bits per heavy atom. The molecule has 11 heteroatoms. The summed E-state index contributed by atoms with van der Waals surface area (Å²) in [5, 5.41) is 4.93. The summed E-state index contributed by atoms with van der Waals surface area (Å²) in [6.45, 7) is 5.07. The van der Waals surface area contributed by atoms with Crippen LogP contribution in [-0.2, 0) is 40.0 Å². The van der Waals surface area contributed by atoms with Crippen LogP contribution >= 0.6 is 0 Å². The Bertz CT molecular complexity index is 843. The van der Waals surface area contributed by atoms with Gasteiger partial charge in [0.15, 0.2) is 5.92 Å². The molecule has 3 atom stereocenters. The van der Waals surface area contributed by atoms with Crippen LogP contribution in [0, 0.1) is 17.8 Å². The number of benzene rings is 1. The van der Waals surface area contributed by atoms with E-state index in [0.717, 1.165) is 19.8 Å². The largest absolute Gasteiger partial charge is 0.468 e. The van der Waals surface area contributed by atoms with Crippen molar-refractivity contribution in [1.29, 1.82) is 0 Å². The van der Waals surface area contributed by atoms with Gasteiger partial charge in [0.25, 0.3) is 0 Å². The molecule has 0 aromatic heterocycles. The van der Waals surface area contributed by atoms with Crippen LogP contribution < -0.4 is 16.4 Å².